The minimum atomic E-state index is 0.582. The van der Waals surface area contributed by atoms with Crippen LogP contribution in [0.25, 0.3) is 99.2 Å². The number of rotatable bonds is 3. The third kappa shape index (κ3) is 4.10. The van der Waals surface area contributed by atoms with Crippen LogP contribution in [0.2, 0.25) is 0 Å². The van der Waals surface area contributed by atoms with E-state index in [-0.39, 0.29) is 0 Å². The lowest BCUT2D eigenvalue weighted by atomic mass is 9.95. The van der Waals surface area contributed by atoms with Gasteiger partial charge < -0.3 is 4.42 Å². The Balaban J connectivity index is 1.26. The molecule has 0 atom stereocenters. The van der Waals surface area contributed by atoms with Crippen LogP contribution in [0.1, 0.15) is 0 Å². The van der Waals surface area contributed by atoms with Gasteiger partial charge in [0.05, 0.1) is 0 Å². The number of aromatic nitrogens is 4. The number of hydrogen-bond donors (Lipinski definition) is 0. The minimum Gasteiger partial charge on any atom is -0.456 e. The van der Waals surface area contributed by atoms with Crippen molar-refractivity contribution >= 4 is 65.0 Å². The first-order valence-corrected chi connectivity index (χ1v) is 15.6. The summed E-state index contributed by atoms with van der Waals surface area (Å²) >= 11 is 0. The molecule has 0 unspecified atom stereocenters. The van der Waals surface area contributed by atoms with E-state index in [1.165, 1.54) is 37.7 Å². The number of furan rings is 1. The summed E-state index contributed by atoms with van der Waals surface area (Å²) in [6, 6.07) is 46.5. The summed E-state index contributed by atoms with van der Waals surface area (Å²) in [4.78, 5) is 19.8. The van der Waals surface area contributed by atoms with Gasteiger partial charge in [-0.05, 0) is 67.4 Å². The smallest absolute Gasteiger partial charge is 0.164 e. The van der Waals surface area contributed by atoms with Gasteiger partial charge in [-0.3, -0.25) is 4.98 Å². The second-order valence-corrected chi connectivity index (χ2v) is 11.9. The highest BCUT2D eigenvalue weighted by atomic mass is 16.3. The van der Waals surface area contributed by atoms with Gasteiger partial charge in [0, 0.05) is 39.9 Å². The maximum absolute atomic E-state index is 6.21. The van der Waals surface area contributed by atoms with Crippen LogP contribution in [0.15, 0.2) is 150 Å². The monoisotopic (exact) mass is 600 g/mol. The molecule has 3 heterocycles. The fourth-order valence-electron chi connectivity index (χ4n) is 6.90. The van der Waals surface area contributed by atoms with Crippen LogP contribution in [0, 0.1) is 0 Å². The quantitative estimate of drug-likeness (QED) is 0.189. The normalized spacial score (nSPS) is 11.8. The van der Waals surface area contributed by atoms with Crippen LogP contribution in [0.4, 0.5) is 0 Å². The van der Waals surface area contributed by atoms with Crippen molar-refractivity contribution in [1.82, 2.24) is 19.9 Å². The Morgan fingerprint density at radius 3 is 1.91 bits per heavy atom. The molecule has 0 bridgehead atoms. The molecule has 5 nitrogen and oxygen atoms in total. The molecule has 0 fully saturated rings. The van der Waals surface area contributed by atoms with Crippen LogP contribution >= 0.6 is 0 Å². The number of nitrogens with zero attached hydrogens (tertiary/aromatic N) is 4. The van der Waals surface area contributed by atoms with E-state index in [1.807, 2.05) is 30.5 Å². The molecule has 0 aliphatic carbocycles. The predicted octanol–water partition coefficient (Wildman–Crippen LogP) is 10.8. The van der Waals surface area contributed by atoms with Crippen LogP contribution in [-0.2, 0) is 0 Å². The summed E-state index contributed by atoms with van der Waals surface area (Å²) in [5.74, 6) is 1.81. The highest BCUT2D eigenvalue weighted by Crippen LogP contribution is 2.38. The van der Waals surface area contributed by atoms with E-state index in [4.69, 9.17) is 19.4 Å². The molecule has 47 heavy (non-hydrogen) atoms. The lowest BCUT2D eigenvalue weighted by molar-refractivity contribution is 0.668. The summed E-state index contributed by atoms with van der Waals surface area (Å²) < 4.78 is 6.21. The van der Waals surface area contributed by atoms with E-state index >= 15 is 0 Å². The largest absolute Gasteiger partial charge is 0.456 e. The highest BCUT2D eigenvalue weighted by Gasteiger charge is 2.18. The molecule has 0 radical (unpaired) electrons. The fourth-order valence-corrected chi connectivity index (χ4v) is 6.90. The van der Waals surface area contributed by atoms with Gasteiger partial charge in [-0.2, -0.15) is 0 Å². The zero-order valence-corrected chi connectivity index (χ0v) is 25.1. The van der Waals surface area contributed by atoms with E-state index < -0.39 is 0 Å². The standard InChI is InChI=1S/C42H24N4O/c1-2-8-29-22-30(18-12-25(29)6-1)40-44-41(46-42(45-40)33-10-5-11-37-39(33)35-24-43-21-20-36(35)47-37)31-19-15-27-14-17-28-16-13-26-7-3-4-9-32(26)38(28)34(27)23-31/h1-24H. The van der Waals surface area contributed by atoms with Gasteiger partial charge in [-0.25, -0.2) is 15.0 Å². The van der Waals surface area contributed by atoms with Gasteiger partial charge in [0.1, 0.15) is 11.2 Å². The highest BCUT2D eigenvalue weighted by molar-refractivity contribution is 6.20. The van der Waals surface area contributed by atoms with Crippen molar-refractivity contribution in [3.8, 4) is 34.2 Å². The summed E-state index contributed by atoms with van der Waals surface area (Å²) in [5, 5.41) is 11.4. The first kappa shape index (κ1) is 25.8. The van der Waals surface area contributed by atoms with Crippen molar-refractivity contribution in [1.29, 1.82) is 0 Å². The average molecular weight is 601 g/mol. The second-order valence-electron chi connectivity index (χ2n) is 11.9. The maximum atomic E-state index is 6.21. The van der Waals surface area contributed by atoms with Gasteiger partial charge in [0.2, 0.25) is 0 Å². The number of fused-ring (bicyclic) bond motifs is 9. The van der Waals surface area contributed by atoms with Gasteiger partial charge in [0.25, 0.3) is 0 Å². The lowest BCUT2D eigenvalue weighted by Gasteiger charge is -2.12. The molecule has 0 amide bonds. The summed E-state index contributed by atoms with van der Waals surface area (Å²) in [7, 11) is 0. The van der Waals surface area contributed by atoms with Crippen molar-refractivity contribution in [3.05, 3.63) is 146 Å². The molecule has 10 aromatic rings. The van der Waals surface area contributed by atoms with Crippen LogP contribution in [-0.4, -0.2) is 19.9 Å². The Bertz CT molecular complexity index is 2870. The summed E-state index contributed by atoms with van der Waals surface area (Å²) in [5.41, 5.74) is 4.27. The second kappa shape index (κ2) is 10.0. The Kier molecular flexibility index (Phi) is 5.51. The van der Waals surface area contributed by atoms with Gasteiger partial charge in [0.15, 0.2) is 17.5 Å². The zero-order valence-electron chi connectivity index (χ0n) is 25.1. The first-order valence-electron chi connectivity index (χ1n) is 15.6. The summed E-state index contributed by atoms with van der Waals surface area (Å²) in [6.07, 6.45) is 3.59. The van der Waals surface area contributed by atoms with E-state index in [0.717, 1.165) is 44.0 Å². The minimum absolute atomic E-state index is 0.582. The van der Waals surface area contributed by atoms with Gasteiger partial charge in [-0.15, -0.1) is 0 Å². The molecule has 0 aliphatic rings. The molecule has 10 rings (SSSR count). The number of benzene rings is 7. The molecule has 218 valence electrons. The van der Waals surface area contributed by atoms with Crippen molar-refractivity contribution in [2.75, 3.05) is 0 Å². The average Bonchev–Trinajstić information content (AvgIpc) is 3.53. The third-order valence-electron chi connectivity index (χ3n) is 9.17. The Morgan fingerprint density at radius 1 is 0.404 bits per heavy atom. The van der Waals surface area contributed by atoms with E-state index in [9.17, 15) is 0 Å². The Hall–Kier alpha value is -6.46. The maximum Gasteiger partial charge on any atom is 0.164 e. The number of hydrogen-bond acceptors (Lipinski definition) is 5. The SMILES string of the molecule is c1ccc2cc(-c3nc(-c4ccc5ccc6ccc7ccccc7c6c5c4)nc(-c4cccc5oc6ccncc6c45)n3)ccc2c1. The Morgan fingerprint density at radius 2 is 1.06 bits per heavy atom. The summed E-state index contributed by atoms with van der Waals surface area (Å²) in [6.45, 7) is 0. The lowest BCUT2D eigenvalue weighted by Crippen LogP contribution is -2.00. The molecule has 0 saturated carbocycles. The first-order chi connectivity index (χ1) is 23.3. The number of pyridine rings is 1. The zero-order chi connectivity index (χ0) is 30.9. The molecule has 7 aromatic carbocycles. The predicted molar refractivity (Wildman–Crippen MR) is 191 cm³/mol. The van der Waals surface area contributed by atoms with Crippen molar-refractivity contribution in [2.24, 2.45) is 0 Å². The van der Waals surface area contributed by atoms with Crippen LogP contribution < -0.4 is 0 Å². The Labute approximate surface area is 268 Å². The molecule has 0 spiro atoms. The van der Waals surface area contributed by atoms with Crippen molar-refractivity contribution in [2.45, 2.75) is 0 Å². The molecule has 0 N–H and O–H groups in total. The molecule has 3 aromatic heterocycles. The molecule has 5 heteroatoms. The van der Waals surface area contributed by atoms with Crippen LogP contribution in [0.3, 0.4) is 0 Å². The van der Waals surface area contributed by atoms with E-state index in [2.05, 4.69) is 114 Å². The molecule has 0 aliphatic heterocycles. The molecule has 0 saturated heterocycles. The fraction of sp³-hybridized carbons (Fsp3) is 0. The third-order valence-corrected chi connectivity index (χ3v) is 9.17. The van der Waals surface area contributed by atoms with E-state index in [1.54, 1.807) is 6.20 Å². The van der Waals surface area contributed by atoms with Crippen LogP contribution in [0.5, 0.6) is 0 Å². The van der Waals surface area contributed by atoms with Gasteiger partial charge >= 0.3 is 0 Å². The van der Waals surface area contributed by atoms with Crippen molar-refractivity contribution in [3.63, 3.8) is 0 Å². The van der Waals surface area contributed by atoms with E-state index in [0.29, 0.717) is 17.5 Å². The van der Waals surface area contributed by atoms with Crippen molar-refractivity contribution < 1.29 is 4.42 Å². The topological polar surface area (TPSA) is 64.7 Å². The van der Waals surface area contributed by atoms with Gasteiger partial charge in [-0.1, -0.05) is 109 Å². The molecular weight excluding hydrogens is 576 g/mol. The molecular formula is C42H24N4O.